The van der Waals surface area contributed by atoms with Crippen LogP contribution in [0.5, 0.6) is 0 Å². The molecule has 3 aromatic rings. The van der Waals surface area contributed by atoms with Gasteiger partial charge in [0.2, 0.25) is 0 Å². The van der Waals surface area contributed by atoms with Crippen LogP contribution >= 0.6 is 0 Å². The molecule has 0 bridgehead atoms. The van der Waals surface area contributed by atoms with Crippen molar-refractivity contribution in [1.29, 1.82) is 0 Å². The number of nitrogens with zero attached hydrogens (tertiary/aromatic N) is 1. The average molecular weight is 422 g/mol. The predicted molar refractivity (Wildman–Crippen MR) is 120 cm³/mol. The molecule has 0 aliphatic carbocycles. The molecule has 3 rings (SSSR count). The van der Waals surface area contributed by atoms with E-state index in [0.29, 0.717) is 22.6 Å². The molecule has 0 unspecified atom stereocenters. The lowest BCUT2D eigenvalue weighted by atomic mass is 10.1. The van der Waals surface area contributed by atoms with Crippen molar-refractivity contribution < 1.29 is 13.2 Å². The standard InChI is InChI=1S/C25H27NO3S/c1-3-20(2)26(18-21-10-6-4-7-11-21)25(27)23-16-14-22(15-17-23)19-30(28,29)24-12-8-5-9-13-24/h4-17,20H,3,18-19H2,1-2H3/t20-/m0/s1. The number of benzene rings is 3. The van der Waals surface area contributed by atoms with Gasteiger partial charge in [-0.05, 0) is 48.7 Å². The molecule has 4 nitrogen and oxygen atoms in total. The van der Waals surface area contributed by atoms with Crippen LogP contribution in [0.4, 0.5) is 0 Å². The Labute approximate surface area is 179 Å². The summed E-state index contributed by atoms with van der Waals surface area (Å²) in [5.41, 5.74) is 2.30. The van der Waals surface area contributed by atoms with E-state index in [-0.39, 0.29) is 17.7 Å². The minimum absolute atomic E-state index is 0.0503. The van der Waals surface area contributed by atoms with Gasteiger partial charge in [-0.25, -0.2) is 8.42 Å². The molecule has 156 valence electrons. The molecule has 0 aliphatic heterocycles. The quantitative estimate of drug-likeness (QED) is 0.508. The first-order chi connectivity index (χ1) is 14.4. The zero-order valence-electron chi connectivity index (χ0n) is 17.4. The summed E-state index contributed by atoms with van der Waals surface area (Å²) in [6.07, 6.45) is 0.853. The SMILES string of the molecule is CC[C@H](C)N(Cc1ccccc1)C(=O)c1ccc(CS(=O)(=O)c2ccccc2)cc1. The number of hydrogen-bond donors (Lipinski definition) is 0. The molecular formula is C25H27NO3S. The normalized spacial score (nSPS) is 12.3. The van der Waals surface area contributed by atoms with Crippen LogP contribution in [0.2, 0.25) is 0 Å². The largest absolute Gasteiger partial charge is 0.332 e. The van der Waals surface area contributed by atoms with E-state index in [2.05, 4.69) is 6.92 Å². The van der Waals surface area contributed by atoms with E-state index < -0.39 is 9.84 Å². The average Bonchev–Trinajstić information content (AvgIpc) is 2.78. The van der Waals surface area contributed by atoms with Crippen LogP contribution in [0.3, 0.4) is 0 Å². The van der Waals surface area contributed by atoms with E-state index in [0.717, 1.165) is 12.0 Å². The molecule has 0 N–H and O–H groups in total. The van der Waals surface area contributed by atoms with Crippen LogP contribution in [-0.2, 0) is 22.1 Å². The molecule has 3 aromatic carbocycles. The first-order valence-corrected chi connectivity index (χ1v) is 11.8. The second-order valence-electron chi connectivity index (χ2n) is 7.44. The van der Waals surface area contributed by atoms with Crippen molar-refractivity contribution in [2.45, 2.75) is 43.5 Å². The Kier molecular flexibility index (Phi) is 7.06. The van der Waals surface area contributed by atoms with Gasteiger partial charge in [0, 0.05) is 18.2 Å². The van der Waals surface area contributed by atoms with Gasteiger partial charge in [-0.2, -0.15) is 0 Å². The first-order valence-electron chi connectivity index (χ1n) is 10.1. The number of amides is 1. The molecule has 30 heavy (non-hydrogen) atoms. The lowest BCUT2D eigenvalue weighted by Gasteiger charge is -2.29. The first kappa shape index (κ1) is 21.8. The number of carbonyl (C=O) groups excluding carboxylic acids is 1. The highest BCUT2D eigenvalue weighted by molar-refractivity contribution is 7.90. The highest BCUT2D eigenvalue weighted by Gasteiger charge is 2.21. The van der Waals surface area contributed by atoms with E-state index in [9.17, 15) is 13.2 Å². The van der Waals surface area contributed by atoms with Crippen LogP contribution in [0.1, 0.15) is 41.8 Å². The Morgan fingerprint density at radius 2 is 1.40 bits per heavy atom. The van der Waals surface area contributed by atoms with Crippen molar-refractivity contribution in [3.63, 3.8) is 0 Å². The zero-order valence-corrected chi connectivity index (χ0v) is 18.2. The van der Waals surface area contributed by atoms with E-state index in [1.807, 2.05) is 42.2 Å². The molecular weight excluding hydrogens is 394 g/mol. The Hall–Kier alpha value is -2.92. The second-order valence-corrected chi connectivity index (χ2v) is 9.43. The molecule has 5 heteroatoms. The van der Waals surface area contributed by atoms with Gasteiger partial charge >= 0.3 is 0 Å². The lowest BCUT2D eigenvalue weighted by molar-refractivity contribution is 0.0671. The Morgan fingerprint density at radius 1 is 0.833 bits per heavy atom. The monoisotopic (exact) mass is 421 g/mol. The molecule has 1 atom stereocenters. The van der Waals surface area contributed by atoms with Gasteiger partial charge in [0.15, 0.2) is 9.84 Å². The van der Waals surface area contributed by atoms with Crippen LogP contribution in [-0.4, -0.2) is 25.3 Å². The molecule has 0 spiro atoms. The minimum Gasteiger partial charge on any atom is -0.332 e. The highest BCUT2D eigenvalue weighted by atomic mass is 32.2. The summed E-state index contributed by atoms with van der Waals surface area (Å²) in [5, 5.41) is 0. The van der Waals surface area contributed by atoms with Crippen molar-refractivity contribution in [2.24, 2.45) is 0 Å². The molecule has 0 aliphatic rings. The Balaban J connectivity index is 1.77. The van der Waals surface area contributed by atoms with Gasteiger partial charge in [-0.3, -0.25) is 4.79 Å². The van der Waals surface area contributed by atoms with Crippen molar-refractivity contribution in [3.05, 3.63) is 102 Å². The van der Waals surface area contributed by atoms with Gasteiger partial charge in [0.05, 0.1) is 10.6 Å². The number of carbonyl (C=O) groups is 1. The van der Waals surface area contributed by atoms with E-state index in [4.69, 9.17) is 0 Å². The van der Waals surface area contributed by atoms with Crippen LogP contribution in [0.15, 0.2) is 89.8 Å². The summed E-state index contributed by atoms with van der Waals surface area (Å²) in [4.78, 5) is 15.3. The van der Waals surface area contributed by atoms with Crippen LogP contribution in [0.25, 0.3) is 0 Å². The van der Waals surface area contributed by atoms with Crippen molar-refractivity contribution >= 4 is 15.7 Å². The summed E-state index contributed by atoms with van der Waals surface area (Å²) >= 11 is 0. The van der Waals surface area contributed by atoms with E-state index in [1.165, 1.54) is 0 Å². The van der Waals surface area contributed by atoms with Gasteiger partial charge in [0.1, 0.15) is 0 Å². The van der Waals surface area contributed by atoms with Crippen LogP contribution in [0, 0.1) is 0 Å². The number of sulfone groups is 1. The van der Waals surface area contributed by atoms with Crippen LogP contribution < -0.4 is 0 Å². The minimum atomic E-state index is -3.42. The summed E-state index contributed by atoms with van der Waals surface area (Å²) in [6, 6.07) is 25.3. The molecule has 0 saturated heterocycles. The van der Waals surface area contributed by atoms with Gasteiger partial charge in [-0.15, -0.1) is 0 Å². The van der Waals surface area contributed by atoms with Crippen molar-refractivity contribution in [1.82, 2.24) is 4.90 Å². The summed E-state index contributed by atoms with van der Waals surface area (Å²) in [5.74, 6) is -0.143. The fraction of sp³-hybridized carbons (Fsp3) is 0.240. The molecule has 0 fully saturated rings. The maximum absolute atomic E-state index is 13.2. The summed E-state index contributed by atoms with van der Waals surface area (Å²) < 4.78 is 25.2. The third-order valence-electron chi connectivity index (χ3n) is 5.24. The molecule has 0 radical (unpaired) electrons. The van der Waals surface area contributed by atoms with Gasteiger partial charge < -0.3 is 4.90 Å². The smallest absolute Gasteiger partial charge is 0.254 e. The number of rotatable bonds is 8. The fourth-order valence-electron chi connectivity index (χ4n) is 3.27. The van der Waals surface area contributed by atoms with E-state index >= 15 is 0 Å². The van der Waals surface area contributed by atoms with Gasteiger partial charge in [-0.1, -0.05) is 67.6 Å². The maximum atomic E-state index is 13.2. The third-order valence-corrected chi connectivity index (χ3v) is 6.94. The molecule has 0 saturated carbocycles. The summed E-state index contributed by atoms with van der Waals surface area (Å²) in [7, 11) is -3.42. The zero-order chi connectivity index (χ0) is 21.6. The third kappa shape index (κ3) is 5.36. The topological polar surface area (TPSA) is 54.5 Å². The highest BCUT2D eigenvalue weighted by Crippen LogP contribution is 2.19. The predicted octanol–water partition coefficient (Wildman–Crippen LogP) is 5.10. The molecule has 0 heterocycles. The second kappa shape index (κ2) is 9.72. The fourth-order valence-corrected chi connectivity index (χ4v) is 4.64. The molecule has 1 amide bonds. The summed E-state index contributed by atoms with van der Waals surface area (Å²) in [6.45, 7) is 4.65. The molecule has 0 aromatic heterocycles. The Bertz CT molecular complexity index is 1060. The maximum Gasteiger partial charge on any atom is 0.254 e. The van der Waals surface area contributed by atoms with Crippen molar-refractivity contribution in [3.8, 4) is 0 Å². The van der Waals surface area contributed by atoms with E-state index in [1.54, 1.807) is 54.6 Å². The van der Waals surface area contributed by atoms with Gasteiger partial charge in [0.25, 0.3) is 5.91 Å². The van der Waals surface area contributed by atoms with Crippen molar-refractivity contribution in [2.75, 3.05) is 0 Å². The Morgan fingerprint density at radius 3 is 1.97 bits per heavy atom. The number of hydrogen-bond acceptors (Lipinski definition) is 3. The lowest BCUT2D eigenvalue weighted by Crippen LogP contribution is -2.37.